The molecule has 0 aliphatic heterocycles. The van der Waals surface area contributed by atoms with Crippen LogP contribution in [-0.2, 0) is 39.3 Å². The Balaban J connectivity index is 1.35. The summed E-state index contributed by atoms with van der Waals surface area (Å²) in [7, 11) is 0. The number of benzene rings is 3. The topological polar surface area (TPSA) is 100 Å². The van der Waals surface area contributed by atoms with Gasteiger partial charge in [0.05, 0.1) is 0 Å². The molecule has 3 aromatic carbocycles. The van der Waals surface area contributed by atoms with Crippen LogP contribution < -0.4 is 32.7 Å². The molecule has 0 aliphatic rings. The van der Waals surface area contributed by atoms with E-state index in [9.17, 15) is 0 Å². The first kappa shape index (κ1) is 25.6. The van der Waals surface area contributed by atoms with Crippen LogP contribution in [0.3, 0.4) is 0 Å². The van der Waals surface area contributed by atoms with E-state index in [2.05, 4.69) is 69.8 Å². The average molecular weight is 493 g/mol. The van der Waals surface area contributed by atoms with E-state index >= 15 is 0 Å². The van der Waals surface area contributed by atoms with Crippen molar-refractivity contribution in [1.82, 2.24) is 21.3 Å². The third kappa shape index (κ3) is 8.72. The predicted molar refractivity (Wildman–Crippen MR) is 148 cm³/mol. The number of hydrogen-bond acceptors (Lipinski definition) is 4. The maximum Gasteiger partial charge on any atom is 0.166 e. The molecule has 34 heavy (non-hydrogen) atoms. The van der Waals surface area contributed by atoms with Crippen LogP contribution in [0.15, 0.2) is 72.8 Å². The first-order chi connectivity index (χ1) is 16.6. The minimum Gasteiger partial charge on any atom is -0.359 e. The van der Waals surface area contributed by atoms with E-state index in [1.54, 1.807) is 0 Å². The van der Waals surface area contributed by atoms with Crippen LogP contribution >= 0.6 is 24.4 Å². The van der Waals surface area contributed by atoms with Gasteiger partial charge in [-0.2, -0.15) is 0 Å². The third-order valence-corrected chi connectivity index (χ3v) is 5.87. The minimum absolute atomic E-state index is 0.536. The lowest BCUT2D eigenvalue weighted by Crippen LogP contribution is -2.34. The number of rotatable bonds is 10. The fourth-order valence-corrected chi connectivity index (χ4v) is 3.65. The Labute approximate surface area is 212 Å². The quantitative estimate of drug-likeness (QED) is 0.240. The molecule has 0 heterocycles. The van der Waals surface area contributed by atoms with Crippen molar-refractivity contribution in [3.05, 3.63) is 106 Å². The summed E-state index contributed by atoms with van der Waals surface area (Å²) in [4.78, 5) is 0. The molecular formula is C26H32N6S2. The highest BCUT2D eigenvalue weighted by molar-refractivity contribution is 7.80. The van der Waals surface area contributed by atoms with Crippen molar-refractivity contribution in [3.8, 4) is 0 Å². The van der Waals surface area contributed by atoms with E-state index in [0.717, 1.165) is 33.4 Å². The molecule has 8 N–H and O–H groups in total. The van der Waals surface area contributed by atoms with Gasteiger partial charge in [-0.1, -0.05) is 72.8 Å². The molecule has 0 atom stereocenters. The summed E-state index contributed by atoms with van der Waals surface area (Å²) in [6, 6.07) is 24.7. The largest absolute Gasteiger partial charge is 0.359 e. The lowest BCUT2D eigenvalue weighted by Gasteiger charge is -2.13. The van der Waals surface area contributed by atoms with E-state index in [4.69, 9.17) is 35.9 Å². The molecule has 0 spiro atoms. The molecule has 0 saturated heterocycles. The zero-order valence-electron chi connectivity index (χ0n) is 19.1. The Morgan fingerprint density at radius 3 is 1.18 bits per heavy atom. The highest BCUT2D eigenvalue weighted by atomic mass is 32.1. The van der Waals surface area contributed by atoms with Gasteiger partial charge in [0, 0.05) is 39.3 Å². The molecule has 178 valence electrons. The van der Waals surface area contributed by atoms with Crippen molar-refractivity contribution < 1.29 is 0 Å². The van der Waals surface area contributed by atoms with E-state index in [-0.39, 0.29) is 0 Å². The molecule has 8 heteroatoms. The molecule has 0 aliphatic carbocycles. The van der Waals surface area contributed by atoms with Gasteiger partial charge in [0.25, 0.3) is 0 Å². The Bertz CT molecular complexity index is 998. The predicted octanol–water partition coefficient (Wildman–Crippen LogP) is 2.93. The molecule has 0 radical (unpaired) electrons. The van der Waals surface area contributed by atoms with Gasteiger partial charge in [0.15, 0.2) is 10.2 Å². The van der Waals surface area contributed by atoms with E-state index in [1.807, 2.05) is 24.3 Å². The summed E-state index contributed by atoms with van der Waals surface area (Å²) >= 11 is 10.8. The fraction of sp³-hybridized carbons (Fsp3) is 0.231. The summed E-state index contributed by atoms with van der Waals surface area (Å²) in [6.07, 6.45) is 0. The lowest BCUT2D eigenvalue weighted by atomic mass is 10.1. The first-order valence-corrected chi connectivity index (χ1v) is 12.0. The molecule has 0 unspecified atom stereocenters. The zero-order chi connectivity index (χ0) is 24.2. The van der Waals surface area contributed by atoms with Crippen molar-refractivity contribution in [1.29, 1.82) is 0 Å². The van der Waals surface area contributed by atoms with Crippen LogP contribution in [0.25, 0.3) is 0 Å². The molecule has 0 saturated carbocycles. The maximum atomic E-state index is 5.70. The summed E-state index contributed by atoms with van der Waals surface area (Å²) in [5.74, 6) is 0. The van der Waals surface area contributed by atoms with E-state index in [1.165, 1.54) is 0 Å². The second-order valence-corrected chi connectivity index (χ2v) is 8.75. The first-order valence-electron chi connectivity index (χ1n) is 11.2. The normalized spacial score (nSPS) is 10.4. The Morgan fingerprint density at radius 1 is 0.500 bits per heavy atom. The van der Waals surface area contributed by atoms with Crippen LogP contribution in [0.1, 0.15) is 33.4 Å². The monoisotopic (exact) mass is 492 g/mol. The number of nitrogens with one attached hydrogen (secondary N) is 4. The van der Waals surface area contributed by atoms with Gasteiger partial charge < -0.3 is 32.7 Å². The third-order valence-electron chi connectivity index (χ3n) is 5.29. The van der Waals surface area contributed by atoms with Gasteiger partial charge in [-0.15, -0.1) is 0 Å². The van der Waals surface area contributed by atoms with Crippen LogP contribution in [0, 0.1) is 0 Å². The van der Waals surface area contributed by atoms with Crippen LogP contribution in [0.4, 0.5) is 0 Å². The Morgan fingerprint density at radius 2 is 0.824 bits per heavy atom. The molecule has 3 aromatic rings. The van der Waals surface area contributed by atoms with Gasteiger partial charge in [-0.05, 0) is 57.8 Å². The van der Waals surface area contributed by atoms with Gasteiger partial charge in [-0.3, -0.25) is 0 Å². The molecule has 0 bridgehead atoms. The van der Waals surface area contributed by atoms with Gasteiger partial charge in [0.1, 0.15) is 0 Å². The number of nitrogens with two attached hydrogens (primary N) is 2. The standard InChI is InChI=1S/C26H32N6S2/c27-13-21-3-1-5-23(11-21)17-31-25(33)29-15-19-7-9-20(10-8-19)16-30-26(34)32-18-24-6-2-4-22(12-24)14-28/h1-12H,13-18,27-28H2,(H2,29,31,33)(H2,30,32,34). The SMILES string of the molecule is NCc1cccc(CNC(=S)NCc2ccc(CNC(=S)NCc3cccc(CN)c3)cc2)c1. The molecule has 6 nitrogen and oxygen atoms in total. The maximum absolute atomic E-state index is 5.70. The Kier molecular flexibility index (Phi) is 10.2. The van der Waals surface area contributed by atoms with Crippen molar-refractivity contribution in [3.63, 3.8) is 0 Å². The molecule has 3 rings (SSSR count). The Hall–Kier alpha value is -3.04. The lowest BCUT2D eigenvalue weighted by molar-refractivity contribution is 0.823. The molecule has 0 amide bonds. The summed E-state index contributed by atoms with van der Waals surface area (Å²) < 4.78 is 0. The van der Waals surface area contributed by atoms with Gasteiger partial charge in [-0.25, -0.2) is 0 Å². The second-order valence-electron chi connectivity index (χ2n) is 7.94. The molecule has 0 fully saturated rings. The summed E-state index contributed by atoms with van der Waals surface area (Å²) in [5, 5.41) is 14.2. The van der Waals surface area contributed by atoms with Crippen LogP contribution in [-0.4, -0.2) is 10.2 Å². The van der Waals surface area contributed by atoms with E-state index < -0.39 is 0 Å². The summed E-state index contributed by atoms with van der Waals surface area (Å²) in [5.41, 5.74) is 18.2. The fourth-order valence-electron chi connectivity index (χ4n) is 3.36. The smallest absolute Gasteiger partial charge is 0.166 e. The van der Waals surface area contributed by atoms with Crippen molar-refractivity contribution in [2.24, 2.45) is 11.5 Å². The average Bonchev–Trinajstić information content (AvgIpc) is 2.89. The number of hydrogen-bond donors (Lipinski definition) is 6. The van der Waals surface area contributed by atoms with Crippen LogP contribution in [0.2, 0.25) is 0 Å². The molecule has 0 aromatic heterocycles. The van der Waals surface area contributed by atoms with Crippen molar-refractivity contribution >= 4 is 34.7 Å². The highest BCUT2D eigenvalue weighted by Crippen LogP contribution is 2.06. The minimum atomic E-state index is 0.536. The highest BCUT2D eigenvalue weighted by Gasteiger charge is 2.02. The zero-order valence-corrected chi connectivity index (χ0v) is 20.8. The van der Waals surface area contributed by atoms with E-state index in [0.29, 0.717) is 49.5 Å². The number of thiocarbonyl (C=S) groups is 2. The van der Waals surface area contributed by atoms with Gasteiger partial charge >= 0.3 is 0 Å². The van der Waals surface area contributed by atoms with Crippen molar-refractivity contribution in [2.75, 3.05) is 0 Å². The molecular weight excluding hydrogens is 460 g/mol. The van der Waals surface area contributed by atoms with Gasteiger partial charge in [0.2, 0.25) is 0 Å². The second kappa shape index (κ2) is 13.6. The van der Waals surface area contributed by atoms with Crippen molar-refractivity contribution in [2.45, 2.75) is 39.3 Å². The van der Waals surface area contributed by atoms with Crippen LogP contribution in [0.5, 0.6) is 0 Å². The summed E-state index contributed by atoms with van der Waals surface area (Å²) in [6.45, 7) is 3.71.